The van der Waals surface area contributed by atoms with Gasteiger partial charge in [-0.1, -0.05) is 49.6 Å². The highest BCUT2D eigenvalue weighted by Gasteiger charge is 2.55. The molecule has 8 heteroatoms. The highest BCUT2D eigenvalue weighted by molar-refractivity contribution is 6.09. The molecule has 5 rings (SSSR count). The van der Waals surface area contributed by atoms with Crippen molar-refractivity contribution in [3.63, 3.8) is 0 Å². The van der Waals surface area contributed by atoms with Crippen LogP contribution in [0.25, 0.3) is 0 Å². The summed E-state index contributed by atoms with van der Waals surface area (Å²) in [5.74, 6) is -0.472. The lowest BCUT2D eigenvalue weighted by molar-refractivity contribution is -0.141. The first-order valence-corrected chi connectivity index (χ1v) is 11.9. The van der Waals surface area contributed by atoms with Gasteiger partial charge in [-0.15, -0.1) is 0 Å². The third-order valence-electron chi connectivity index (χ3n) is 7.15. The number of amides is 4. The highest BCUT2D eigenvalue weighted by Crippen LogP contribution is 2.41. The fourth-order valence-electron chi connectivity index (χ4n) is 5.34. The van der Waals surface area contributed by atoms with E-state index in [9.17, 15) is 18.8 Å². The number of urea groups is 1. The standard InChI is InChI=1S/C26H28FN3O4/c27-19-12-10-18(11-13-19)16-29(20-6-2-1-3-7-20)23(31)17-30-24(32)26(28-25(30)33)14-15-34-22-9-5-4-8-21(22)26/h4-5,8-13,20H,1-3,6-7,14-17H2,(H,28,33). The number of nitrogens with zero attached hydrogens (tertiary/aromatic N) is 2. The molecular formula is C26H28FN3O4. The molecule has 1 spiro atoms. The molecule has 2 heterocycles. The molecular weight excluding hydrogens is 437 g/mol. The average Bonchev–Trinajstić information content (AvgIpc) is 3.09. The van der Waals surface area contributed by atoms with E-state index in [1.165, 1.54) is 12.1 Å². The fourth-order valence-corrected chi connectivity index (χ4v) is 5.34. The van der Waals surface area contributed by atoms with Crippen LogP contribution in [0, 0.1) is 5.82 Å². The zero-order valence-corrected chi connectivity index (χ0v) is 19.0. The Morgan fingerprint density at radius 3 is 2.59 bits per heavy atom. The number of nitrogens with one attached hydrogen (secondary N) is 1. The number of carbonyl (C=O) groups is 3. The van der Waals surface area contributed by atoms with Crippen LogP contribution >= 0.6 is 0 Å². The van der Waals surface area contributed by atoms with E-state index in [-0.39, 0.29) is 24.3 Å². The summed E-state index contributed by atoms with van der Waals surface area (Å²) in [7, 11) is 0. The molecule has 0 bridgehead atoms. The zero-order valence-electron chi connectivity index (χ0n) is 19.0. The van der Waals surface area contributed by atoms with Gasteiger partial charge in [0.15, 0.2) is 5.54 Å². The molecule has 2 fully saturated rings. The van der Waals surface area contributed by atoms with Crippen molar-refractivity contribution in [2.45, 2.75) is 56.7 Å². The lowest BCUT2D eigenvalue weighted by Gasteiger charge is -2.35. The summed E-state index contributed by atoms with van der Waals surface area (Å²) in [5, 5.41) is 2.85. The topological polar surface area (TPSA) is 79.0 Å². The minimum atomic E-state index is -1.21. The molecule has 178 valence electrons. The van der Waals surface area contributed by atoms with Gasteiger partial charge in [0, 0.05) is 24.6 Å². The van der Waals surface area contributed by atoms with Crippen molar-refractivity contribution in [2.75, 3.05) is 13.2 Å². The van der Waals surface area contributed by atoms with Gasteiger partial charge in [-0.3, -0.25) is 14.5 Å². The Balaban J connectivity index is 1.38. The summed E-state index contributed by atoms with van der Waals surface area (Å²) in [6.45, 7) is 0.284. The third kappa shape index (κ3) is 4.02. The summed E-state index contributed by atoms with van der Waals surface area (Å²) in [6, 6.07) is 12.7. The Bertz CT molecular complexity index is 1100. The first-order valence-electron chi connectivity index (χ1n) is 11.9. The number of para-hydroxylation sites is 1. The summed E-state index contributed by atoms with van der Waals surface area (Å²) in [4.78, 5) is 42.8. The van der Waals surface area contributed by atoms with Crippen molar-refractivity contribution in [3.8, 4) is 5.75 Å². The van der Waals surface area contributed by atoms with Crippen LogP contribution in [0.3, 0.4) is 0 Å². The SMILES string of the molecule is O=C1NC2(CCOc3ccccc32)C(=O)N1CC(=O)N(Cc1ccc(F)cc1)C1CCCCC1. The molecule has 1 saturated carbocycles. The Labute approximate surface area is 197 Å². The maximum absolute atomic E-state index is 13.6. The fraction of sp³-hybridized carbons (Fsp3) is 0.423. The smallest absolute Gasteiger partial charge is 0.325 e. The van der Waals surface area contributed by atoms with E-state index in [1.807, 2.05) is 6.07 Å². The summed E-state index contributed by atoms with van der Waals surface area (Å²) < 4.78 is 19.1. The summed E-state index contributed by atoms with van der Waals surface area (Å²) >= 11 is 0. The first-order chi connectivity index (χ1) is 16.5. The average molecular weight is 466 g/mol. The number of halogens is 1. The van der Waals surface area contributed by atoms with Crippen LogP contribution < -0.4 is 10.1 Å². The molecule has 3 aliphatic rings. The van der Waals surface area contributed by atoms with Crippen LogP contribution in [0.4, 0.5) is 9.18 Å². The van der Waals surface area contributed by atoms with Crippen molar-refractivity contribution in [3.05, 3.63) is 65.5 Å². The first kappa shape index (κ1) is 22.4. The molecule has 4 amide bonds. The van der Waals surface area contributed by atoms with E-state index in [4.69, 9.17) is 4.74 Å². The van der Waals surface area contributed by atoms with Gasteiger partial charge in [0.1, 0.15) is 18.1 Å². The van der Waals surface area contributed by atoms with Gasteiger partial charge in [0.2, 0.25) is 5.91 Å². The quantitative estimate of drug-likeness (QED) is 0.683. The maximum Gasteiger partial charge on any atom is 0.325 e. The number of hydrogen-bond donors (Lipinski definition) is 1. The summed E-state index contributed by atoms with van der Waals surface area (Å²) in [5.41, 5.74) is 0.219. The Morgan fingerprint density at radius 2 is 1.82 bits per heavy atom. The van der Waals surface area contributed by atoms with Crippen LogP contribution in [0.2, 0.25) is 0 Å². The molecule has 7 nitrogen and oxygen atoms in total. The minimum Gasteiger partial charge on any atom is -0.493 e. The molecule has 1 saturated heterocycles. The van der Waals surface area contributed by atoms with Crippen LogP contribution in [-0.4, -0.2) is 46.8 Å². The molecule has 2 aliphatic heterocycles. The van der Waals surface area contributed by atoms with Crippen LogP contribution in [0.1, 0.15) is 49.7 Å². The lowest BCUT2D eigenvalue weighted by atomic mass is 9.84. The van der Waals surface area contributed by atoms with E-state index >= 15 is 0 Å². The minimum absolute atomic E-state index is 0.0323. The van der Waals surface area contributed by atoms with Crippen molar-refractivity contribution in [1.82, 2.24) is 15.1 Å². The lowest BCUT2D eigenvalue weighted by Crippen LogP contribution is -2.49. The number of carbonyl (C=O) groups excluding carboxylic acids is 3. The number of imide groups is 1. The monoisotopic (exact) mass is 465 g/mol. The molecule has 0 radical (unpaired) electrons. The van der Waals surface area contributed by atoms with Crippen LogP contribution in [0.5, 0.6) is 5.75 Å². The van der Waals surface area contributed by atoms with Crippen molar-refractivity contribution in [2.24, 2.45) is 0 Å². The van der Waals surface area contributed by atoms with E-state index in [0.717, 1.165) is 42.6 Å². The van der Waals surface area contributed by atoms with Gasteiger partial charge in [0.25, 0.3) is 5.91 Å². The Kier molecular flexibility index (Phi) is 5.98. The number of hydrogen-bond acceptors (Lipinski definition) is 4. The van der Waals surface area contributed by atoms with E-state index in [0.29, 0.717) is 30.9 Å². The maximum atomic E-state index is 13.6. The van der Waals surface area contributed by atoms with Crippen molar-refractivity contribution >= 4 is 17.8 Å². The van der Waals surface area contributed by atoms with Crippen molar-refractivity contribution < 1.29 is 23.5 Å². The molecule has 0 aromatic heterocycles. The molecule has 2 aromatic carbocycles. The van der Waals surface area contributed by atoms with Crippen LogP contribution in [0.15, 0.2) is 48.5 Å². The molecule has 1 unspecified atom stereocenters. The van der Waals surface area contributed by atoms with Gasteiger partial charge in [-0.2, -0.15) is 0 Å². The largest absolute Gasteiger partial charge is 0.493 e. The van der Waals surface area contributed by atoms with E-state index in [1.54, 1.807) is 35.2 Å². The number of ether oxygens (including phenoxy) is 1. The molecule has 1 aliphatic carbocycles. The summed E-state index contributed by atoms with van der Waals surface area (Å²) in [6.07, 6.45) is 5.25. The normalized spacial score (nSPS) is 22.3. The molecule has 1 atom stereocenters. The second-order valence-corrected chi connectivity index (χ2v) is 9.26. The molecule has 34 heavy (non-hydrogen) atoms. The predicted octanol–water partition coefficient (Wildman–Crippen LogP) is 3.72. The highest BCUT2D eigenvalue weighted by atomic mass is 19.1. The van der Waals surface area contributed by atoms with Gasteiger partial charge >= 0.3 is 6.03 Å². The number of rotatable bonds is 5. The third-order valence-corrected chi connectivity index (χ3v) is 7.15. The number of benzene rings is 2. The van der Waals surface area contributed by atoms with Gasteiger partial charge < -0.3 is 15.0 Å². The van der Waals surface area contributed by atoms with E-state index in [2.05, 4.69) is 5.32 Å². The molecule has 1 N–H and O–H groups in total. The number of fused-ring (bicyclic) bond motifs is 2. The van der Waals surface area contributed by atoms with E-state index < -0.39 is 17.5 Å². The molecule has 2 aromatic rings. The Hall–Kier alpha value is -3.42. The van der Waals surface area contributed by atoms with Crippen molar-refractivity contribution in [1.29, 1.82) is 0 Å². The Morgan fingerprint density at radius 1 is 1.09 bits per heavy atom. The second kappa shape index (κ2) is 9.08. The second-order valence-electron chi connectivity index (χ2n) is 9.26. The predicted molar refractivity (Wildman–Crippen MR) is 122 cm³/mol. The zero-order chi connectivity index (χ0) is 23.7. The van der Waals surface area contributed by atoms with Crippen LogP contribution in [-0.2, 0) is 21.7 Å². The van der Waals surface area contributed by atoms with Gasteiger partial charge in [-0.05, 0) is 36.6 Å². The van der Waals surface area contributed by atoms with Gasteiger partial charge in [-0.25, -0.2) is 9.18 Å². The van der Waals surface area contributed by atoms with Gasteiger partial charge in [0.05, 0.1) is 6.61 Å².